The van der Waals surface area contributed by atoms with Crippen molar-refractivity contribution in [3.8, 4) is 16.9 Å². The fourth-order valence-electron chi connectivity index (χ4n) is 4.34. The van der Waals surface area contributed by atoms with E-state index < -0.39 is 0 Å². The Morgan fingerprint density at radius 3 is 2.28 bits per heavy atom. The quantitative estimate of drug-likeness (QED) is 0.286. The van der Waals surface area contributed by atoms with E-state index in [-0.39, 0.29) is 5.78 Å². The Kier molecular flexibility index (Phi) is 10.3. The van der Waals surface area contributed by atoms with Gasteiger partial charge < -0.3 is 9.53 Å². The third-order valence-corrected chi connectivity index (χ3v) is 6.59. The molecule has 0 amide bonds. The Morgan fingerprint density at radius 1 is 0.861 bits per heavy atom. The van der Waals surface area contributed by atoms with E-state index in [9.17, 15) is 4.79 Å². The molecule has 1 aliphatic rings. The number of Topliss-reactive ketones (excluding diaryl/α,β-unsaturated/α-hetero) is 1. The highest BCUT2D eigenvalue weighted by molar-refractivity contribution is 5.75. The zero-order valence-corrected chi connectivity index (χ0v) is 22.6. The van der Waals surface area contributed by atoms with Crippen LogP contribution in [0.25, 0.3) is 16.7 Å². The van der Waals surface area contributed by atoms with Crippen LogP contribution in [0.1, 0.15) is 67.3 Å². The summed E-state index contributed by atoms with van der Waals surface area (Å²) in [5, 5.41) is 0. The highest BCUT2D eigenvalue weighted by Crippen LogP contribution is 2.32. The molecule has 2 nitrogen and oxygen atoms in total. The molecule has 0 spiro atoms. The molecule has 2 heteroatoms. The summed E-state index contributed by atoms with van der Waals surface area (Å²) in [7, 11) is 0. The molecule has 0 heterocycles. The van der Waals surface area contributed by atoms with Crippen LogP contribution in [0.15, 0.2) is 78.9 Å². The van der Waals surface area contributed by atoms with Crippen LogP contribution in [-0.2, 0) is 11.2 Å². The van der Waals surface area contributed by atoms with Crippen LogP contribution >= 0.6 is 0 Å². The van der Waals surface area contributed by atoms with E-state index in [0.717, 1.165) is 38.0 Å². The maximum absolute atomic E-state index is 9.81. The number of hydrogen-bond donors (Lipinski definition) is 0. The first-order chi connectivity index (χ1) is 17.4. The Hall–Kier alpha value is -3.39. The molecule has 0 saturated heterocycles. The van der Waals surface area contributed by atoms with E-state index in [1.165, 1.54) is 44.5 Å². The average molecular weight is 481 g/mol. The van der Waals surface area contributed by atoms with Crippen molar-refractivity contribution in [2.24, 2.45) is 0 Å². The van der Waals surface area contributed by atoms with E-state index in [1.54, 1.807) is 6.92 Å². The number of aryl methyl sites for hydroxylation is 4. The molecule has 0 aliphatic heterocycles. The van der Waals surface area contributed by atoms with Crippen molar-refractivity contribution in [2.75, 3.05) is 6.61 Å². The fraction of sp³-hybridized carbons (Fsp3) is 0.324. The van der Waals surface area contributed by atoms with Gasteiger partial charge >= 0.3 is 0 Å². The largest absolute Gasteiger partial charge is 0.493 e. The van der Waals surface area contributed by atoms with Gasteiger partial charge in [0.05, 0.1) is 6.61 Å². The molecule has 0 saturated carbocycles. The number of carbonyl (C=O) groups is 1. The third kappa shape index (κ3) is 7.81. The minimum absolute atomic E-state index is 0.255. The lowest BCUT2D eigenvalue weighted by molar-refractivity contribution is -0.116. The molecule has 0 unspecified atom stereocenters. The molecule has 0 bridgehead atoms. The summed E-state index contributed by atoms with van der Waals surface area (Å²) in [5.41, 5.74) is 10.6. The fourth-order valence-corrected chi connectivity index (χ4v) is 4.34. The first kappa shape index (κ1) is 27.2. The van der Waals surface area contributed by atoms with Crippen molar-refractivity contribution in [1.29, 1.82) is 0 Å². The summed E-state index contributed by atoms with van der Waals surface area (Å²) < 4.78 is 6.19. The van der Waals surface area contributed by atoms with Crippen molar-refractivity contribution in [3.63, 3.8) is 0 Å². The number of rotatable bonds is 9. The van der Waals surface area contributed by atoms with Gasteiger partial charge in [0.25, 0.3) is 0 Å². The SMILES string of the molecule is CCC(C)=O.Cc1ccc(OCCCCc2ccc(-c3ccccc3C)c(C)c2)c(C2=CC=CC2)c1. The first-order valence-corrected chi connectivity index (χ1v) is 13.1. The van der Waals surface area contributed by atoms with Crippen LogP contribution in [0.5, 0.6) is 5.75 Å². The monoisotopic (exact) mass is 480 g/mol. The molecule has 1 aliphatic carbocycles. The maximum Gasteiger partial charge on any atom is 0.129 e. The summed E-state index contributed by atoms with van der Waals surface area (Å²) in [6, 6.07) is 22.0. The van der Waals surface area contributed by atoms with Crippen molar-refractivity contribution < 1.29 is 9.53 Å². The zero-order valence-electron chi connectivity index (χ0n) is 22.6. The zero-order chi connectivity index (χ0) is 25.9. The summed E-state index contributed by atoms with van der Waals surface area (Å²) in [5.74, 6) is 1.27. The number of allylic oxidation sites excluding steroid dienone is 4. The number of ether oxygens (including phenoxy) is 1. The van der Waals surface area contributed by atoms with Crippen molar-refractivity contribution in [3.05, 3.63) is 107 Å². The molecule has 188 valence electrons. The van der Waals surface area contributed by atoms with Gasteiger partial charge in [-0.1, -0.05) is 79.2 Å². The molecule has 0 fully saturated rings. The molecule has 0 radical (unpaired) electrons. The van der Waals surface area contributed by atoms with Gasteiger partial charge in [0.2, 0.25) is 0 Å². The second-order valence-electron chi connectivity index (χ2n) is 9.65. The molecule has 4 rings (SSSR count). The van der Waals surface area contributed by atoms with Crippen LogP contribution < -0.4 is 4.74 Å². The minimum Gasteiger partial charge on any atom is -0.493 e. The Morgan fingerprint density at radius 2 is 1.61 bits per heavy atom. The lowest BCUT2D eigenvalue weighted by Gasteiger charge is -2.14. The third-order valence-electron chi connectivity index (χ3n) is 6.59. The normalized spacial score (nSPS) is 12.1. The van der Waals surface area contributed by atoms with Crippen LogP contribution in [0, 0.1) is 20.8 Å². The van der Waals surface area contributed by atoms with E-state index in [1.807, 2.05) is 6.92 Å². The van der Waals surface area contributed by atoms with Crippen molar-refractivity contribution in [2.45, 2.75) is 66.7 Å². The summed E-state index contributed by atoms with van der Waals surface area (Å²) in [4.78, 5) is 9.81. The van der Waals surface area contributed by atoms with Crippen LogP contribution in [0.2, 0.25) is 0 Å². The Balaban J connectivity index is 0.000000658. The minimum atomic E-state index is 0.255. The van der Waals surface area contributed by atoms with Gasteiger partial charge in [-0.25, -0.2) is 0 Å². The van der Waals surface area contributed by atoms with E-state index in [4.69, 9.17) is 4.74 Å². The van der Waals surface area contributed by atoms with Gasteiger partial charge in [0, 0.05) is 12.0 Å². The van der Waals surface area contributed by atoms with Gasteiger partial charge in [-0.15, -0.1) is 0 Å². The second-order valence-corrected chi connectivity index (χ2v) is 9.65. The van der Waals surface area contributed by atoms with E-state index in [0.29, 0.717) is 6.42 Å². The van der Waals surface area contributed by atoms with Gasteiger partial charge in [-0.3, -0.25) is 0 Å². The molecular formula is C34H40O2. The van der Waals surface area contributed by atoms with Crippen LogP contribution in [0.4, 0.5) is 0 Å². The van der Waals surface area contributed by atoms with Crippen LogP contribution in [-0.4, -0.2) is 12.4 Å². The maximum atomic E-state index is 9.81. The summed E-state index contributed by atoms with van der Waals surface area (Å²) >= 11 is 0. The predicted octanol–water partition coefficient (Wildman–Crippen LogP) is 9.01. The lowest BCUT2D eigenvalue weighted by Crippen LogP contribution is -2.01. The van der Waals surface area contributed by atoms with Gasteiger partial charge in [-0.2, -0.15) is 0 Å². The smallest absolute Gasteiger partial charge is 0.129 e. The number of ketones is 1. The van der Waals surface area contributed by atoms with Gasteiger partial charge in [-0.05, 0) is 98.9 Å². The second kappa shape index (κ2) is 13.6. The number of carbonyl (C=O) groups excluding carboxylic acids is 1. The lowest BCUT2D eigenvalue weighted by atomic mass is 9.94. The van der Waals surface area contributed by atoms with Gasteiger partial charge in [0.1, 0.15) is 11.5 Å². The number of hydrogen-bond acceptors (Lipinski definition) is 2. The molecule has 0 N–H and O–H groups in total. The van der Waals surface area contributed by atoms with Crippen molar-refractivity contribution >= 4 is 11.4 Å². The number of benzene rings is 3. The standard InChI is InChI=1S/C30H32O.C4H8O/c1-22-15-18-30(29(20-22)26-12-5-6-13-26)31-19-9-8-11-25-16-17-28(24(3)21-25)27-14-7-4-10-23(27)2;1-3-4(2)5/h4-7,10,12,14-18,20-21H,8-9,11,13,19H2,1-3H3;3H2,1-2H3. The summed E-state index contributed by atoms with van der Waals surface area (Å²) in [6.45, 7) is 10.7. The van der Waals surface area contributed by atoms with E-state index >= 15 is 0 Å². The van der Waals surface area contributed by atoms with Gasteiger partial charge in [0.15, 0.2) is 0 Å². The highest BCUT2D eigenvalue weighted by Gasteiger charge is 2.11. The highest BCUT2D eigenvalue weighted by atomic mass is 16.5. The number of unbranched alkanes of at least 4 members (excludes halogenated alkanes) is 1. The van der Waals surface area contributed by atoms with Crippen LogP contribution in [0.3, 0.4) is 0 Å². The average Bonchev–Trinajstić information content (AvgIpc) is 3.41. The first-order valence-electron chi connectivity index (χ1n) is 13.1. The molecule has 0 atom stereocenters. The topological polar surface area (TPSA) is 26.3 Å². The molecule has 36 heavy (non-hydrogen) atoms. The Bertz CT molecular complexity index is 1230. The summed E-state index contributed by atoms with van der Waals surface area (Å²) in [6.07, 6.45) is 11.5. The Labute approximate surface area is 217 Å². The van der Waals surface area contributed by atoms with E-state index in [2.05, 4.69) is 99.7 Å². The predicted molar refractivity (Wildman–Crippen MR) is 154 cm³/mol. The molecule has 3 aromatic rings. The van der Waals surface area contributed by atoms with Crippen molar-refractivity contribution in [1.82, 2.24) is 0 Å². The molecule has 0 aromatic heterocycles. The molecule has 3 aromatic carbocycles. The molecular weight excluding hydrogens is 440 g/mol.